The minimum Gasteiger partial charge on any atom is -0.479 e. The van der Waals surface area contributed by atoms with E-state index in [1.54, 1.807) is 0 Å². The van der Waals surface area contributed by atoms with Crippen molar-refractivity contribution in [2.75, 3.05) is 13.7 Å². The number of nitrogens with zero attached hydrogens (tertiary/aromatic N) is 1. The standard InChI is InChI=1S/C9H13NO5/c1-15-6(9(13)14)4-5-10-7(11)2-3-8(10)12/h6H,2-5H2,1H3,(H,13,14). The van der Waals surface area contributed by atoms with E-state index in [1.165, 1.54) is 7.11 Å². The molecule has 6 heteroatoms. The van der Waals surface area contributed by atoms with Crippen molar-refractivity contribution < 1.29 is 24.2 Å². The summed E-state index contributed by atoms with van der Waals surface area (Å²) in [5, 5.41) is 8.67. The van der Waals surface area contributed by atoms with E-state index in [0.29, 0.717) is 0 Å². The topological polar surface area (TPSA) is 83.9 Å². The minimum atomic E-state index is -1.09. The zero-order chi connectivity index (χ0) is 11.4. The Balaban J connectivity index is 2.45. The molecule has 1 unspecified atom stereocenters. The molecule has 0 aromatic rings. The van der Waals surface area contributed by atoms with E-state index in [4.69, 9.17) is 9.84 Å². The number of hydrogen-bond acceptors (Lipinski definition) is 4. The van der Waals surface area contributed by atoms with Gasteiger partial charge in [-0.1, -0.05) is 0 Å². The van der Waals surface area contributed by atoms with Crippen LogP contribution in [0.25, 0.3) is 0 Å². The van der Waals surface area contributed by atoms with Crippen molar-refractivity contribution in [1.29, 1.82) is 0 Å². The van der Waals surface area contributed by atoms with Crippen LogP contribution in [0.15, 0.2) is 0 Å². The Labute approximate surface area is 86.8 Å². The van der Waals surface area contributed by atoms with Crippen LogP contribution >= 0.6 is 0 Å². The lowest BCUT2D eigenvalue weighted by Crippen LogP contribution is -2.34. The maximum absolute atomic E-state index is 11.2. The summed E-state index contributed by atoms with van der Waals surface area (Å²) >= 11 is 0. The lowest BCUT2D eigenvalue weighted by Gasteiger charge is -2.16. The van der Waals surface area contributed by atoms with Gasteiger partial charge in [-0.05, 0) is 0 Å². The molecule has 1 aliphatic rings. The number of likely N-dealkylation sites (tertiary alicyclic amines) is 1. The molecule has 1 fully saturated rings. The van der Waals surface area contributed by atoms with E-state index >= 15 is 0 Å². The number of methoxy groups -OCH3 is 1. The minimum absolute atomic E-state index is 0.114. The van der Waals surface area contributed by atoms with Crippen LogP contribution < -0.4 is 0 Å². The van der Waals surface area contributed by atoms with E-state index in [2.05, 4.69) is 0 Å². The molecule has 84 valence electrons. The summed E-state index contributed by atoms with van der Waals surface area (Å²) in [5.41, 5.74) is 0. The van der Waals surface area contributed by atoms with Gasteiger partial charge in [-0.15, -0.1) is 0 Å². The van der Waals surface area contributed by atoms with Crippen molar-refractivity contribution in [1.82, 2.24) is 4.90 Å². The van der Waals surface area contributed by atoms with Crippen molar-refractivity contribution in [3.8, 4) is 0 Å². The lowest BCUT2D eigenvalue weighted by molar-refractivity contribution is -0.150. The van der Waals surface area contributed by atoms with E-state index in [-0.39, 0.29) is 37.6 Å². The lowest BCUT2D eigenvalue weighted by atomic mass is 10.2. The molecule has 0 radical (unpaired) electrons. The number of rotatable bonds is 5. The fraction of sp³-hybridized carbons (Fsp3) is 0.667. The molecular weight excluding hydrogens is 202 g/mol. The van der Waals surface area contributed by atoms with E-state index in [1.807, 2.05) is 0 Å². The average Bonchev–Trinajstić information content (AvgIpc) is 2.49. The van der Waals surface area contributed by atoms with Gasteiger partial charge < -0.3 is 9.84 Å². The monoisotopic (exact) mass is 215 g/mol. The number of carboxylic acid groups (broad SMARTS) is 1. The number of amides is 2. The van der Waals surface area contributed by atoms with Crippen LogP contribution in [0.2, 0.25) is 0 Å². The molecule has 1 rings (SSSR count). The van der Waals surface area contributed by atoms with Gasteiger partial charge in [0.25, 0.3) is 0 Å². The first-order chi connectivity index (χ1) is 7.06. The molecule has 0 spiro atoms. The third-order valence-electron chi connectivity index (χ3n) is 2.33. The molecule has 2 amide bonds. The Kier molecular flexibility index (Phi) is 3.79. The normalized spacial score (nSPS) is 18.3. The quantitative estimate of drug-likeness (QED) is 0.632. The van der Waals surface area contributed by atoms with Gasteiger partial charge in [-0.2, -0.15) is 0 Å². The predicted octanol–water partition coefficient (Wildman–Crippen LogP) is -0.375. The molecule has 1 N–H and O–H groups in total. The van der Waals surface area contributed by atoms with Crippen LogP contribution in [0.1, 0.15) is 19.3 Å². The molecule has 1 aliphatic heterocycles. The molecular formula is C9H13NO5. The molecule has 0 saturated carbocycles. The molecule has 1 saturated heterocycles. The van der Waals surface area contributed by atoms with Crippen molar-refractivity contribution in [3.63, 3.8) is 0 Å². The average molecular weight is 215 g/mol. The fourth-order valence-electron chi connectivity index (χ4n) is 1.46. The first-order valence-electron chi connectivity index (χ1n) is 4.65. The van der Waals surface area contributed by atoms with Gasteiger partial charge in [-0.25, -0.2) is 4.79 Å². The summed E-state index contributed by atoms with van der Waals surface area (Å²) in [4.78, 5) is 34.0. The van der Waals surface area contributed by atoms with Gasteiger partial charge in [0.2, 0.25) is 11.8 Å². The van der Waals surface area contributed by atoms with Crippen LogP contribution in [0, 0.1) is 0 Å². The number of hydrogen-bond donors (Lipinski definition) is 1. The van der Waals surface area contributed by atoms with Gasteiger partial charge in [-0.3, -0.25) is 14.5 Å². The number of ether oxygens (including phenoxy) is 1. The van der Waals surface area contributed by atoms with Gasteiger partial charge in [0.1, 0.15) is 0 Å². The predicted molar refractivity (Wildman–Crippen MR) is 49.0 cm³/mol. The molecule has 0 bridgehead atoms. The summed E-state index contributed by atoms with van der Waals surface area (Å²) in [7, 11) is 1.28. The van der Waals surface area contributed by atoms with E-state index in [0.717, 1.165) is 4.90 Å². The molecule has 0 aromatic heterocycles. The number of aliphatic carboxylic acids is 1. The second kappa shape index (κ2) is 4.88. The van der Waals surface area contributed by atoms with Crippen molar-refractivity contribution in [2.45, 2.75) is 25.4 Å². The first-order valence-corrected chi connectivity index (χ1v) is 4.65. The summed E-state index contributed by atoms with van der Waals surface area (Å²) in [6, 6.07) is 0. The van der Waals surface area contributed by atoms with Crippen molar-refractivity contribution in [2.24, 2.45) is 0 Å². The highest BCUT2D eigenvalue weighted by Gasteiger charge is 2.29. The summed E-state index contributed by atoms with van der Waals surface area (Å²) in [6.07, 6.45) is -0.387. The van der Waals surface area contributed by atoms with Gasteiger partial charge >= 0.3 is 5.97 Å². The highest BCUT2D eigenvalue weighted by Crippen LogP contribution is 2.13. The number of carbonyl (C=O) groups excluding carboxylic acids is 2. The SMILES string of the molecule is COC(CCN1C(=O)CCC1=O)C(=O)O. The number of carbonyl (C=O) groups is 3. The Bertz CT molecular complexity index is 272. The summed E-state index contributed by atoms with van der Waals surface area (Å²) in [5.74, 6) is -1.56. The molecule has 1 heterocycles. The maximum Gasteiger partial charge on any atom is 0.332 e. The smallest absolute Gasteiger partial charge is 0.332 e. The zero-order valence-electron chi connectivity index (χ0n) is 8.43. The van der Waals surface area contributed by atoms with Crippen LogP contribution in [0.4, 0.5) is 0 Å². The first kappa shape index (κ1) is 11.6. The molecule has 0 aromatic carbocycles. The van der Waals surface area contributed by atoms with Crippen LogP contribution in [0.3, 0.4) is 0 Å². The van der Waals surface area contributed by atoms with Gasteiger partial charge in [0.05, 0.1) is 0 Å². The fourth-order valence-corrected chi connectivity index (χ4v) is 1.46. The third-order valence-corrected chi connectivity index (χ3v) is 2.33. The van der Waals surface area contributed by atoms with Gasteiger partial charge in [0.15, 0.2) is 6.10 Å². The van der Waals surface area contributed by atoms with Crippen LogP contribution in [-0.2, 0) is 19.1 Å². The molecule has 0 aliphatic carbocycles. The number of imide groups is 1. The largest absolute Gasteiger partial charge is 0.479 e. The van der Waals surface area contributed by atoms with E-state index in [9.17, 15) is 14.4 Å². The highest BCUT2D eigenvalue weighted by molar-refractivity contribution is 6.01. The molecule has 1 atom stereocenters. The maximum atomic E-state index is 11.2. The highest BCUT2D eigenvalue weighted by atomic mass is 16.5. The van der Waals surface area contributed by atoms with Crippen LogP contribution in [0.5, 0.6) is 0 Å². The Morgan fingerprint density at radius 3 is 2.40 bits per heavy atom. The van der Waals surface area contributed by atoms with Crippen LogP contribution in [-0.4, -0.2) is 47.5 Å². The number of carboxylic acids is 1. The van der Waals surface area contributed by atoms with Gasteiger partial charge in [0, 0.05) is 32.9 Å². The third kappa shape index (κ3) is 2.76. The second-order valence-electron chi connectivity index (χ2n) is 3.29. The second-order valence-corrected chi connectivity index (χ2v) is 3.29. The zero-order valence-corrected chi connectivity index (χ0v) is 8.43. The Morgan fingerprint density at radius 1 is 1.47 bits per heavy atom. The molecule has 6 nitrogen and oxygen atoms in total. The van der Waals surface area contributed by atoms with Crippen molar-refractivity contribution in [3.05, 3.63) is 0 Å². The summed E-state index contributed by atoms with van der Waals surface area (Å²) in [6.45, 7) is 0.114. The summed E-state index contributed by atoms with van der Waals surface area (Å²) < 4.78 is 4.69. The Morgan fingerprint density at radius 2 is 2.00 bits per heavy atom. The Hall–Kier alpha value is -1.43. The van der Waals surface area contributed by atoms with Crippen molar-refractivity contribution >= 4 is 17.8 Å². The molecule has 15 heavy (non-hydrogen) atoms. The van der Waals surface area contributed by atoms with E-state index < -0.39 is 12.1 Å².